The lowest BCUT2D eigenvalue weighted by molar-refractivity contribution is 0.252. The Morgan fingerprint density at radius 1 is 0.966 bits per heavy atom. The van der Waals surface area contributed by atoms with Gasteiger partial charge in [0.2, 0.25) is 0 Å². The topological polar surface area (TPSA) is 66.2 Å². The number of methoxy groups -OCH3 is 1. The van der Waals surface area contributed by atoms with Crippen molar-refractivity contribution in [2.24, 2.45) is 0 Å². The van der Waals surface area contributed by atoms with E-state index < -0.39 is 0 Å². The minimum absolute atomic E-state index is 0.0361. The molecule has 29 heavy (non-hydrogen) atoms. The quantitative estimate of drug-likeness (QED) is 0.431. The molecule has 4 rings (SSSR count). The van der Waals surface area contributed by atoms with Crippen LogP contribution in [-0.2, 0) is 0 Å². The van der Waals surface area contributed by atoms with E-state index in [0.717, 1.165) is 22.4 Å². The van der Waals surface area contributed by atoms with E-state index in [9.17, 15) is 4.79 Å². The summed E-state index contributed by atoms with van der Waals surface area (Å²) in [7, 11) is 1.61. The van der Waals surface area contributed by atoms with Gasteiger partial charge in [0.25, 0.3) is 0 Å². The minimum atomic E-state index is -0.240. The predicted molar refractivity (Wildman–Crippen MR) is 117 cm³/mol. The lowest BCUT2D eigenvalue weighted by atomic mass is 9.91. The number of anilines is 1. The summed E-state index contributed by atoms with van der Waals surface area (Å²) in [5.41, 5.74) is 4.12. The number of amides is 2. The van der Waals surface area contributed by atoms with Crippen LogP contribution >= 0.6 is 0 Å². The second kappa shape index (κ2) is 8.52. The third kappa shape index (κ3) is 4.24. The van der Waals surface area contributed by atoms with Gasteiger partial charge in [-0.1, -0.05) is 48.5 Å². The third-order valence-corrected chi connectivity index (χ3v) is 5.01. The fourth-order valence-electron chi connectivity index (χ4n) is 3.52. The average molecular weight is 385 g/mol. The molecule has 1 heterocycles. The number of H-pyrrole nitrogens is 1. The summed E-state index contributed by atoms with van der Waals surface area (Å²) in [6.45, 7) is 0.480. The van der Waals surface area contributed by atoms with Crippen LogP contribution in [0.1, 0.15) is 17.0 Å². The van der Waals surface area contributed by atoms with Crippen LogP contribution < -0.4 is 15.4 Å². The fourth-order valence-corrected chi connectivity index (χ4v) is 3.52. The summed E-state index contributed by atoms with van der Waals surface area (Å²) >= 11 is 0. The zero-order valence-corrected chi connectivity index (χ0v) is 16.2. The van der Waals surface area contributed by atoms with E-state index in [1.807, 2.05) is 60.8 Å². The first-order valence-electron chi connectivity index (χ1n) is 9.54. The smallest absolute Gasteiger partial charge is 0.319 e. The number of aromatic amines is 1. The van der Waals surface area contributed by atoms with Crippen LogP contribution in [0, 0.1) is 0 Å². The van der Waals surface area contributed by atoms with Gasteiger partial charge in [-0.05, 0) is 41.5 Å². The Balaban J connectivity index is 1.52. The van der Waals surface area contributed by atoms with Crippen LogP contribution in [0.3, 0.4) is 0 Å². The SMILES string of the molecule is COc1ccc(NC(=O)NCC(c2ccccc2)c2c[nH]c3ccccc23)cc1. The summed E-state index contributed by atoms with van der Waals surface area (Å²) < 4.78 is 5.15. The summed E-state index contributed by atoms with van der Waals surface area (Å²) in [6, 6.07) is 25.5. The molecule has 0 aliphatic carbocycles. The molecule has 1 atom stereocenters. The average Bonchev–Trinajstić information content (AvgIpc) is 3.19. The monoisotopic (exact) mass is 385 g/mol. The van der Waals surface area contributed by atoms with Crippen LogP contribution in [0.5, 0.6) is 5.75 Å². The molecule has 0 radical (unpaired) electrons. The van der Waals surface area contributed by atoms with Crippen molar-refractivity contribution in [3.8, 4) is 5.75 Å². The zero-order chi connectivity index (χ0) is 20.1. The highest BCUT2D eigenvalue weighted by molar-refractivity contribution is 5.89. The molecule has 0 bridgehead atoms. The number of rotatable bonds is 6. The number of ether oxygens (including phenoxy) is 1. The molecule has 1 unspecified atom stereocenters. The van der Waals surface area contributed by atoms with Crippen molar-refractivity contribution in [1.29, 1.82) is 0 Å². The second-order valence-electron chi connectivity index (χ2n) is 6.82. The number of urea groups is 1. The first-order chi connectivity index (χ1) is 14.2. The van der Waals surface area contributed by atoms with Crippen LogP contribution in [0.4, 0.5) is 10.5 Å². The Morgan fingerprint density at radius 3 is 2.45 bits per heavy atom. The highest BCUT2D eigenvalue weighted by atomic mass is 16.5. The van der Waals surface area contributed by atoms with Crippen LogP contribution in [0.25, 0.3) is 10.9 Å². The van der Waals surface area contributed by atoms with E-state index in [1.54, 1.807) is 7.11 Å². The number of carbonyl (C=O) groups excluding carboxylic acids is 1. The molecule has 5 heteroatoms. The number of hydrogen-bond donors (Lipinski definition) is 3. The molecule has 2 amide bonds. The molecule has 0 aliphatic heterocycles. The fraction of sp³-hybridized carbons (Fsp3) is 0.125. The second-order valence-corrected chi connectivity index (χ2v) is 6.82. The maximum atomic E-state index is 12.5. The van der Waals surface area contributed by atoms with Gasteiger partial charge in [0, 0.05) is 35.2 Å². The summed E-state index contributed by atoms with van der Waals surface area (Å²) in [4.78, 5) is 15.8. The van der Waals surface area contributed by atoms with Gasteiger partial charge < -0.3 is 20.4 Å². The molecule has 0 aliphatic rings. The molecule has 1 aromatic heterocycles. The molecular formula is C24H23N3O2. The molecular weight excluding hydrogens is 362 g/mol. The maximum Gasteiger partial charge on any atom is 0.319 e. The molecule has 3 aromatic carbocycles. The third-order valence-electron chi connectivity index (χ3n) is 5.01. The van der Waals surface area contributed by atoms with Gasteiger partial charge in [-0.3, -0.25) is 0 Å². The van der Waals surface area contributed by atoms with Gasteiger partial charge in [-0.15, -0.1) is 0 Å². The van der Waals surface area contributed by atoms with Crippen LogP contribution in [0.15, 0.2) is 85.1 Å². The Bertz CT molecular complexity index is 1090. The first-order valence-corrected chi connectivity index (χ1v) is 9.54. The van der Waals surface area contributed by atoms with Gasteiger partial charge in [0.1, 0.15) is 5.75 Å². The van der Waals surface area contributed by atoms with Crippen molar-refractivity contribution >= 4 is 22.6 Å². The number of benzene rings is 3. The summed E-state index contributed by atoms with van der Waals surface area (Å²) in [6.07, 6.45) is 2.03. The molecule has 3 N–H and O–H groups in total. The lowest BCUT2D eigenvalue weighted by Gasteiger charge is -2.18. The Hall–Kier alpha value is -3.73. The maximum absolute atomic E-state index is 12.5. The summed E-state index contributed by atoms with van der Waals surface area (Å²) in [5.74, 6) is 0.786. The van der Waals surface area contributed by atoms with E-state index >= 15 is 0 Å². The Labute approximate surface area is 169 Å². The molecule has 0 spiro atoms. The van der Waals surface area contributed by atoms with Crippen molar-refractivity contribution in [2.45, 2.75) is 5.92 Å². The highest BCUT2D eigenvalue weighted by Gasteiger charge is 2.19. The van der Waals surface area contributed by atoms with E-state index in [0.29, 0.717) is 12.2 Å². The zero-order valence-electron chi connectivity index (χ0n) is 16.2. The number of fused-ring (bicyclic) bond motifs is 1. The van der Waals surface area contributed by atoms with Crippen LogP contribution in [0.2, 0.25) is 0 Å². The largest absolute Gasteiger partial charge is 0.497 e. The first kappa shape index (κ1) is 18.6. The standard InChI is InChI=1S/C24H23N3O2/c1-29-19-13-11-18(12-14-19)27-24(28)26-15-21(17-7-3-2-4-8-17)22-16-25-23-10-6-5-9-20(22)23/h2-14,16,21,25H,15H2,1H3,(H2,26,27,28). The van der Waals surface area contributed by atoms with Gasteiger partial charge >= 0.3 is 6.03 Å². The number of para-hydroxylation sites is 1. The minimum Gasteiger partial charge on any atom is -0.497 e. The van der Waals surface area contributed by atoms with E-state index in [2.05, 4.69) is 39.9 Å². The van der Waals surface area contributed by atoms with Gasteiger partial charge in [-0.2, -0.15) is 0 Å². The summed E-state index contributed by atoms with van der Waals surface area (Å²) in [5, 5.41) is 7.05. The van der Waals surface area contributed by atoms with Gasteiger partial charge in [0.15, 0.2) is 0 Å². The molecule has 4 aromatic rings. The number of carbonyl (C=O) groups is 1. The van der Waals surface area contributed by atoms with Crippen molar-refractivity contribution in [1.82, 2.24) is 10.3 Å². The molecule has 146 valence electrons. The van der Waals surface area contributed by atoms with Gasteiger partial charge in [-0.25, -0.2) is 4.79 Å². The highest BCUT2D eigenvalue weighted by Crippen LogP contribution is 2.30. The predicted octanol–water partition coefficient (Wildman–Crippen LogP) is 5.13. The van der Waals surface area contributed by atoms with Crippen molar-refractivity contribution in [3.63, 3.8) is 0 Å². The molecule has 0 saturated carbocycles. The van der Waals surface area contributed by atoms with E-state index in [4.69, 9.17) is 4.74 Å². The van der Waals surface area contributed by atoms with Crippen molar-refractivity contribution in [2.75, 3.05) is 19.0 Å². The van der Waals surface area contributed by atoms with E-state index in [-0.39, 0.29) is 11.9 Å². The van der Waals surface area contributed by atoms with Crippen LogP contribution in [-0.4, -0.2) is 24.7 Å². The molecule has 5 nitrogen and oxygen atoms in total. The van der Waals surface area contributed by atoms with Crippen molar-refractivity contribution in [3.05, 3.63) is 96.2 Å². The Kier molecular flexibility index (Phi) is 5.47. The lowest BCUT2D eigenvalue weighted by Crippen LogP contribution is -2.32. The van der Waals surface area contributed by atoms with E-state index in [1.165, 1.54) is 5.39 Å². The molecule has 0 saturated heterocycles. The molecule has 0 fully saturated rings. The number of aromatic nitrogens is 1. The number of hydrogen-bond acceptors (Lipinski definition) is 2. The van der Waals surface area contributed by atoms with Crippen molar-refractivity contribution < 1.29 is 9.53 Å². The van der Waals surface area contributed by atoms with Gasteiger partial charge in [0.05, 0.1) is 7.11 Å². The Morgan fingerprint density at radius 2 is 1.69 bits per heavy atom. The normalized spacial score (nSPS) is 11.8. The number of nitrogens with one attached hydrogen (secondary N) is 3.